The molecular formula is C24H35NO2. The van der Waals surface area contributed by atoms with Gasteiger partial charge in [0, 0.05) is 6.04 Å². The van der Waals surface area contributed by atoms with E-state index in [1.54, 1.807) is 0 Å². The summed E-state index contributed by atoms with van der Waals surface area (Å²) in [6.45, 7) is 8.72. The standard InChI is InChI=1S/C24H35NO2/c1-15(2)21-6-5-16(3)7-22(21)27-14-23(26)25-17(4)24-11-18-8-19(12-24)10-20(9-18)13-24/h5-7,15,17-20H,8-14H2,1-4H3,(H,25,26)/t17-,18?,19?,20?,24?/m0/s1. The second-order valence-corrected chi connectivity index (χ2v) is 10.1. The lowest BCUT2D eigenvalue weighted by Gasteiger charge is -2.59. The molecule has 0 unspecified atom stereocenters. The molecule has 4 bridgehead atoms. The van der Waals surface area contributed by atoms with E-state index in [9.17, 15) is 4.79 Å². The predicted molar refractivity (Wildman–Crippen MR) is 109 cm³/mol. The van der Waals surface area contributed by atoms with Crippen molar-refractivity contribution in [3.05, 3.63) is 29.3 Å². The molecule has 4 saturated carbocycles. The zero-order chi connectivity index (χ0) is 19.2. The van der Waals surface area contributed by atoms with E-state index >= 15 is 0 Å². The van der Waals surface area contributed by atoms with Gasteiger partial charge in [-0.25, -0.2) is 0 Å². The van der Waals surface area contributed by atoms with Gasteiger partial charge >= 0.3 is 0 Å². The van der Waals surface area contributed by atoms with Crippen LogP contribution >= 0.6 is 0 Å². The van der Waals surface area contributed by atoms with Gasteiger partial charge in [-0.1, -0.05) is 26.0 Å². The number of benzene rings is 1. The number of carbonyl (C=O) groups excluding carboxylic acids is 1. The minimum Gasteiger partial charge on any atom is -0.483 e. The highest BCUT2D eigenvalue weighted by atomic mass is 16.5. The number of aryl methyl sites for hydroxylation is 1. The van der Waals surface area contributed by atoms with Crippen molar-refractivity contribution in [3.8, 4) is 5.75 Å². The summed E-state index contributed by atoms with van der Waals surface area (Å²) in [6.07, 6.45) is 8.27. The first-order valence-electron chi connectivity index (χ1n) is 10.9. The summed E-state index contributed by atoms with van der Waals surface area (Å²) >= 11 is 0. The molecule has 0 spiro atoms. The number of rotatable bonds is 6. The van der Waals surface area contributed by atoms with Crippen LogP contribution < -0.4 is 10.1 Å². The molecule has 4 aliphatic rings. The van der Waals surface area contributed by atoms with Crippen LogP contribution in [0.3, 0.4) is 0 Å². The first-order valence-corrected chi connectivity index (χ1v) is 10.9. The molecule has 0 heterocycles. The van der Waals surface area contributed by atoms with E-state index in [1.165, 1.54) is 44.1 Å². The zero-order valence-corrected chi connectivity index (χ0v) is 17.4. The highest BCUT2D eigenvalue weighted by Crippen LogP contribution is 2.61. The van der Waals surface area contributed by atoms with Gasteiger partial charge in [-0.15, -0.1) is 0 Å². The molecule has 0 saturated heterocycles. The third-order valence-electron chi connectivity index (χ3n) is 7.53. The third-order valence-corrected chi connectivity index (χ3v) is 7.53. The van der Waals surface area contributed by atoms with Crippen molar-refractivity contribution in [1.82, 2.24) is 5.32 Å². The molecule has 1 N–H and O–H groups in total. The van der Waals surface area contributed by atoms with Gasteiger partial charge < -0.3 is 10.1 Å². The molecule has 0 aliphatic heterocycles. The maximum Gasteiger partial charge on any atom is 0.258 e. The highest BCUT2D eigenvalue weighted by molar-refractivity contribution is 5.78. The van der Waals surface area contributed by atoms with Crippen molar-refractivity contribution in [3.63, 3.8) is 0 Å². The Hall–Kier alpha value is -1.51. The minimum absolute atomic E-state index is 0.0226. The molecule has 3 nitrogen and oxygen atoms in total. The molecule has 1 aromatic rings. The first-order chi connectivity index (χ1) is 12.8. The lowest BCUT2D eigenvalue weighted by atomic mass is 9.48. The summed E-state index contributed by atoms with van der Waals surface area (Å²) in [5, 5.41) is 3.31. The average Bonchev–Trinajstić information content (AvgIpc) is 2.58. The van der Waals surface area contributed by atoms with Crippen molar-refractivity contribution in [2.45, 2.75) is 78.2 Å². The topological polar surface area (TPSA) is 38.3 Å². The fourth-order valence-corrected chi connectivity index (χ4v) is 6.53. The fraction of sp³-hybridized carbons (Fsp3) is 0.708. The van der Waals surface area contributed by atoms with Crippen LogP contribution in [-0.2, 0) is 4.79 Å². The predicted octanol–water partition coefficient (Wildman–Crippen LogP) is 5.22. The van der Waals surface area contributed by atoms with Crippen molar-refractivity contribution >= 4 is 5.91 Å². The van der Waals surface area contributed by atoms with Crippen LogP contribution in [0.25, 0.3) is 0 Å². The Kier molecular flexibility index (Phi) is 4.98. The van der Waals surface area contributed by atoms with Crippen molar-refractivity contribution in [1.29, 1.82) is 0 Å². The van der Waals surface area contributed by atoms with Gasteiger partial charge in [0.25, 0.3) is 5.91 Å². The number of ether oxygens (including phenoxy) is 1. The number of carbonyl (C=O) groups is 1. The van der Waals surface area contributed by atoms with Crippen molar-refractivity contribution in [2.75, 3.05) is 6.61 Å². The Labute approximate surface area is 164 Å². The largest absolute Gasteiger partial charge is 0.483 e. The van der Waals surface area contributed by atoms with E-state index < -0.39 is 0 Å². The van der Waals surface area contributed by atoms with Gasteiger partial charge in [-0.3, -0.25) is 4.79 Å². The van der Waals surface area contributed by atoms with Crippen LogP contribution in [0.2, 0.25) is 0 Å². The second kappa shape index (κ2) is 7.14. The van der Waals surface area contributed by atoms with Gasteiger partial charge in [-0.2, -0.15) is 0 Å². The Morgan fingerprint density at radius 2 is 1.70 bits per heavy atom. The molecule has 27 heavy (non-hydrogen) atoms. The van der Waals surface area contributed by atoms with Gasteiger partial charge in [0.1, 0.15) is 5.75 Å². The maximum atomic E-state index is 12.6. The maximum absolute atomic E-state index is 12.6. The highest BCUT2D eigenvalue weighted by Gasteiger charge is 2.53. The van der Waals surface area contributed by atoms with Crippen LogP contribution in [0.15, 0.2) is 18.2 Å². The number of nitrogens with one attached hydrogen (secondary N) is 1. The molecule has 4 aliphatic carbocycles. The van der Waals surface area contributed by atoms with E-state index in [-0.39, 0.29) is 18.6 Å². The van der Waals surface area contributed by atoms with Gasteiger partial charge in [0.2, 0.25) is 0 Å². The molecular weight excluding hydrogens is 334 g/mol. The molecule has 0 aromatic heterocycles. The van der Waals surface area contributed by atoms with Crippen LogP contribution in [0.1, 0.15) is 76.3 Å². The molecule has 0 radical (unpaired) electrons. The molecule has 1 aromatic carbocycles. The Morgan fingerprint density at radius 3 is 2.26 bits per heavy atom. The Bertz CT molecular complexity index is 673. The molecule has 1 atom stereocenters. The third kappa shape index (κ3) is 3.75. The van der Waals surface area contributed by atoms with Crippen LogP contribution in [0, 0.1) is 30.1 Å². The summed E-state index contributed by atoms with van der Waals surface area (Å²) in [5.74, 6) is 3.99. The average molecular weight is 370 g/mol. The lowest BCUT2D eigenvalue weighted by molar-refractivity contribution is -0.127. The number of hydrogen-bond acceptors (Lipinski definition) is 2. The van der Waals surface area contributed by atoms with E-state index in [2.05, 4.69) is 45.1 Å². The summed E-state index contributed by atoms with van der Waals surface area (Å²) in [4.78, 5) is 12.6. The summed E-state index contributed by atoms with van der Waals surface area (Å²) in [6, 6.07) is 6.53. The van der Waals surface area contributed by atoms with E-state index in [1.807, 2.05) is 6.07 Å². The van der Waals surface area contributed by atoms with Crippen LogP contribution in [0.5, 0.6) is 5.75 Å². The monoisotopic (exact) mass is 369 g/mol. The molecule has 5 rings (SSSR count). The first kappa shape index (κ1) is 18.8. The van der Waals surface area contributed by atoms with Crippen LogP contribution in [0.4, 0.5) is 0 Å². The smallest absolute Gasteiger partial charge is 0.258 e. The summed E-state index contributed by atoms with van der Waals surface area (Å²) < 4.78 is 5.95. The Balaban J connectivity index is 1.37. The molecule has 4 fully saturated rings. The second-order valence-electron chi connectivity index (χ2n) is 10.1. The molecule has 148 valence electrons. The summed E-state index contributed by atoms with van der Waals surface area (Å²) in [7, 11) is 0. The van der Waals surface area contributed by atoms with Crippen molar-refractivity contribution in [2.24, 2.45) is 23.2 Å². The van der Waals surface area contributed by atoms with Crippen molar-refractivity contribution < 1.29 is 9.53 Å². The fourth-order valence-electron chi connectivity index (χ4n) is 6.53. The SMILES string of the molecule is Cc1ccc(C(C)C)c(OCC(=O)N[C@@H](C)C23CC4CC(CC(C4)C2)C3)c1. The molecule has 3 heteroatoms. The van der Waals surface area contributed by atoms with Crippen LogP contribution in [-0.4, -0.2) is 18.6 Å². The normalized spacial score (nSPS) is 32.6. The summed E-state index contributed by atoms with van der Waals surface area (Å²) in [5.41, 5.74) is 2.68. The number of hydrogen-bond donors (Lipinski definition) is 1. The lowest BCUT2D eigenvalue weighted by Crippen LogP contribution is -2.56. The van der Waals surface area contributed by atoms with Gasteiger partial charge in [-0.05, 0) is 98.7 Å². The minimum atomic E-state index is 0.0226. The van der Waals surface area contributed by atoms with Gasteiger partial charge in [0.15, 0.2) is 6.61 Å². The van der Waals surface area contributed by atoms with E-state index in [0.29, 0.717) is 11.3 Å². The Morgan fingerprint density at radius 1 is 1.11 bits per heavy atom. The quantitative estimate of drug-likeness (QED) is 0.747. The van der Waals surface area contributed by atoms with Gasteiger partial charge in [0.05, 0.1) is 0 Å². The number of amides is 1. The molecule has 1 amide bonds. The van der Waals surface area contributed by atoms with E-state index in [0.717, 1.165) is 29.1 Å². The zero-order valence-electron chi connectivity index (χ0n) is 17.4. The van der Waals surface area contributed by atoms with E-state index in [4.69, 9.17) is 4.74 Å².